The molecule has 2 aromatic carbocycles. The summed E-state index contributed by atoms with van der Waals surface area (Å²) >= 11 is 6.06. The van der Waals surface area contributed by atoms with Crippen LogP contribution >= 0.6 is 11.6 Å². The van der Waals surface area contributed by atoms with Crippen molar-refractivity contribution < 1.29 is 16.8 Å². The summed E-state index contributed by atoms with van der Waals surface area (Å²) in [5.74, 6) is 0. The quantitative estimate of drug-likeness (QED) is 0.792. The predicted molar refractivity (Wildman–Crippen MR) is 94.9 cm³/mol. The van der Waals surface area contributed by atoms with Crippen LogP contribution in [0.5, 0.6) is 0 Å². The molecule has 0 bridgehead atoms. The Kier molecular flexibility index (Phi) is 5.38. The first-order valence-corrected chi connectivity index (χ1v) is 9.99. The molecule has 2 rings (SSSR count). The first kappa shape index (κ1) is 18.5. The zero-order chi connectivity index (χ0) is 18.0. The van der Waals surface area contributed by atoms with Gasteiger partial charge in [0.2, 0.25) is 0 Å². The fourth-order valence-electron chi connectivity index (χ4n) is 1.70. The molecule has 0 aliphatic carbocycles. The van der Waals surface area contributed by atoms with Gasteiger partial charge in [-0.1, -0.05) is 29.8 Å². The minimum absolute atomic E-state index is 0.0634. The number of anilines is 2. The van der Waals surface area contributed by atoms with Gasteiger partial charge in [-0.05, 0) is 30.3 Å². The Morgan fingerprint density at radius 3 is 2.08 bits per heavy atom. The van der Waals surface area contributed by atoms with Crippen LogP contribution in [-0.2, 0) is 20.2 Å². The lowest BCUT2D eigenvalue weighted by Crippen LogP contribution is -2.28. The third-order valence-electron chi connectivity index (χ3n) is 2.99. The van der Waals surface area contributed by atoms with Gasteiger partial charge in [-0.25, -0.2) is 8.42 Å². The number of hydrogen-bond acceptors (Lipinski definition) is 4. The van der Waals surface area contributed by atoms with Crippen molar-refractivity contribution in [3.8, 4) is 0 Å². The maximum Gasteiger partial charge on any atom is 0.301 e. The van der Waals surface area contributed by atoms with E-state index in [0.29, 0.717) is 0 Å². The molecule has 0 aliphatic heterocycles. The Labute approximate surface area is 146 Å². The standard InChI is InChI=1S/C14H16ClN3O4S2/c1-18(2)24(21,22)16-11-8-9-14(13(15)10-11)17-23(19,20)12-6-4-3-5-7-12/h3-10,16-17H,1-2H3. The smallest absolute Gasteiger partial charge is 0.278 e. The van der Waals surface area contributed by atoms with Crippen LogP contribution in [0, 0.1) is 0 Å². The number of nitrogens with one attached hydrogen (secondary N) is 2. The first-order valence-electron chi connectivity index (χ1n) is 6.69. The van der Waals surface area contributed by atoms with Crippen molar-refractivity contribution in [1.29, 1.82) is 0 Å². The Balaban J connectivity index is 2.25. The Hall–Kier alpha value is -1.81. The summed E-state index contributed by atoms with van der Waals surface area (Å²) < 4.78 is 53.8. The van der Waals surface area contributed by atoms with Gasteiger partial charge in [0.1, 0.15) is 0 Å². The number of halogens is 1. The van der Waals surface area contributed by atoms with E-state index in [9.17, 15) is 16.8 Å². The van der Waals surface area contributed by atoms with Crippen LogP contribution in [0.15, 0.2) is 53.4 Å². The second-order valence-electron chi connectivity index (χ2n) is 5.00. The summed E-state index contributed by atoms with van der Waals surface area (Å²) in [7, 11) is -4.69. The fraction of sp³-hybridized carbons (Fsp3) is 0.143. The third-order valence-corrected chi connectivity index (χ3v) is 6.14. The molecule has 0 fully saturated rings. The highest BCUT2D eigenvalue weighted by molar-refractivity contribution is 7.92. The lowest BCUT2D eigenvalue weighted by atomic mass is 10.3. The van der Waals surface area contributed by atoms with E-state index >= 15 is 0 Å². The van der Waals surface area contributed by atoms with Crippen molar-refractivity contribution in [2.24, 2.45) is 0 Å². The van der Waals surface area contributed by atoms with Crippen molar-refractivity contribution in [3.05, 3.63) is 53.6 Å². The van der Waals surface area contributed by atoms with Crippen LogP contribution in [-0.4, -0.2) is 35.2 Å². The van der Waals surface area contributed by atoms with E-state index in [1.54, 1.807) is 18.2 Å². The van der Waals surface area contributed by atoms with E-state index < -0.39 is 20.2 Å². The molecule has 0 heterocycles. The van der Waals surface area contributed by atoms with E-state index in [2.05, 4.69) is 9.44 Å². The Morgan fingerprint density at radius 1 is 0.917 bits per heavy atom. The van der Waals surface area contributed by atoms with Gasteiger partial charge in [-0.15, -0.1) is 0 Å². The van der Waals surface area contributed by atoms with Gasteiger partial charge in [0.25, 0.3) is 10.0 Å². The number of nitrogens with zero attached hydrogens (tertiary/aromatic N) is 1. The first-order chi connectivity index (χ1) is 11.1. The molecule has 0 saturated carbocycles. The van der Waals surface area contributed by atoms with Crippen molar-refractivity contribution in [3.63, 3.8) is 0 Å². The van der Waals surface area contributed by atoms with Gasteiger partial charge in [0.15, 0.2) is 0 Å². The molecule has 0 aromatic heterocycles. The fourth-order valence-corrected chi connectivity index (χ4v) is 3.70. The largest absolute Gasteiger partial charge is 0.301 e. The van der Waals surface area contributed by atoms with E-state index in [4.69, 9.17) is 11.6 Å². The molecule has 0 amide bonds. The summed E-state index contributed by atoms with van der Waals surface area (Å²) in [5, 5.41) is 0.0634. The van der Waals surface area contributed by atoms with Gasteiger partial charge in [-0.3, -0.25) is 9.44 Å². The second kappa shape index (κ2) is 6.98. The van der Waals surface area contributed by atoms with Crippen molar-refractivity contribution in [2.75, 3.05) is 23.5 Å². The highest BCUT2D eigenvalue weighted by Gasteiger charge is 2.17. The number of hydrogen-bond donors (Lipinski definition) is 2. The zero-order valence-electron chi connectivity index (χ0n) is 12.9. The average Bonchev–Trinajstić information content (AvgIpc) is 2.50. The summed E-state index contributed by atoms with van der Waals surface area (Å²) in [6.45, 7) is 0. The second-order valence-corrected chi connectivity index (χ2v) is 8.98. The number of benzene rings is 2. The minimum atomic E-state index is -3.78. The molecule has 0 atom stereocenters. The maximum atomic E-state index is 12.3. The van der Waals surface area contributed by atoms with Crippen LogP contribution in [0.1, 0.15) is 0 Å². The molecule has 7 nitrogen and oxygen atoms in total. The minimum Gasteiger partial charge on any atom is -0.278 e. The highest BCUT2D eigenvalue weighted by Crippen LogP contribution is 2.28. The molecule has 130 valence electrons. The molecule has 2 N–H and O–H groups in total. The number of sulfonamides is 1. The van der Waals surface area contributed by atoms with Crippen LogP contribution in [0.25, 0.3) is 0 Å². The lowest BCUT2D eigenvalue weighted by Gasteiger charge is -2.15. The molecule has 10 heteroatoms. The third kappa shape index (κ3) is 4.38. The Morgan fingerprint density at radius 2 is 1.54 bits per heavy atom. The molecular weight excluding hydrogens is 374 g/mol. The van der Waals surface area contributed by atoms with Crippen molar-refractivity contribution in [2.45, 2.75) is 4.90 Å². The van der Waals surface area contributed by atoms with E-state index in [1.165, 1.54) is 44.4 Å². The molecular formula is C14H16ClN3O4S2. The summed E-state index contributed by atoms with van der Waals surface area (Å²) in [6.07, 6.45) is 0. The number of rotatable bonds is 6. The predicted octanol–water partition coefficient (Wildman–Crippen LogP) is 2.36. The molecule has 0 unspecified atom stereocenters. The molecule has 2 aromatic rings. The molecule has 0 radical (unpaired) electrons. The van der Waals surface area contributed by atoms with Crippen LogP contribution in [0.2, 0.25) is 5.02 Å². The topological polar surface area (TPSA) is 95.6 Å². The summed E-state index contributed by atoms with van der Waals surface area (Å²) in [5.41, 5.74) is 0.365. The molecule has 24 heavy (non-hydrogen) atoms. The van der Waals surface area contributed by atoms with Gasteiger partial charge < -0.3 is 0 Å². The van der Waals surface area contributed by atoms with E-state index in [0.717, 1.165) is 4.31 Å². The molecule has 0 spiro atoms. The van der Waals surface area contributed by atoms with Gasteiger partial charge in [0.05, 0.1) is 21.3 Å². The lowest BCUT2D eigenvalue weighted by molar-refractivity contribution is 0.527. The molecule has 0 saturated heterocycles. The van der Waals surface area contributed by atoms with Gasteiger partial charge in [0, 0.05) is 14.1 Å². The van der Waals surface area contributed by atoms with Gasteiger partial charge >= 0.3 is 10.2 Å². The monoisotopic (exact) mass is 389 g/mol. The van der Waals surface area contributed by atoms with Crippen molar-refractivity contribution in [1.82, 2.24) is 4.31 Å². The Bertz CT molecular complexity index is 930. The summed E-state index contributed by atoms with van der Waals surface area (Å²) in [6, 6.07) is 11.9. The average molecular weight is 390 g/mol. The van der Waals surface area contributed by atoms with Gasteiger partial charge in [-0.2, -0.15) is 12.7 Å². The van der Waals surface area contributed by atoms with Crippen LogP contribution in [0.4, 0.5) is 11.4 Å². The highest BCUT2D eigenvalue weighted by atomic mass is 35.5. The molecule has 0 aliphatic rings. The van der Waals surface area contributed by atoms with E-state index in [1.807, 2.05) is 0 Å². The zero-order valence-corrected chi connectivity index (χ0v) is 15.3. The maximum absolute atomic E-state index is 12.3. The van der Waals surface area contributed by atoms with Crippen LogP contribution in [0.3, 0.4) is 0 Å². The SMILES string of the molecule is CN(C)S(=O)(=O)Nc1ccc(NS(=O)(=O)c2ccccc2)c(Cl)c1. The normalized spacial score (nSPS) is 12.2. The van der Waals surface area contributed by atoms with Crippen LogP contribution < -0.4 is 9.44 Å². The van der Waals surface area contributed by atoms with E-state index in [-0.39, 0.29) is 21.3 Å². The van der Waals surface area contributed by atoms with Crippen molar-refractivity contribution >= 4 is 43.2 Å². The summed E-state index contributed by atoms with van der Waals surface area (Å²) in [4.78, 5) is 0.0958.